The number of hydrogen-bond acceptors (Lipinski definition) is 3. The monoisotopic (exact) mass is 300 g/mol. The number of amides is 1. The molecule has 0 spiro atoms. The van der Waals surface area contributed by atoms with Gasteiger partial charge in [-0.3, -0.25) is 4.79 Å². The van der Waals surface area contributed by atoms with Crippen LogP contribution in [0.1, 0.15) is 18.9 Å². The Bertz CT molecular complexity index is 610. The van der Waals surface area contributed by atoms with Gasteiger partial charge in [0.1, 0.15) is 0 Å². The van der Waals surface area contributed by atoms with E-state index >= 15 is 0 Å². The number of anilines is 2. The zero-order valence-electron chi connectivity index (χ0n) is 12.3. The van der Waals surface area contributed by atoms with Gasteiger partial charge in [-0.1, -0.05) is 30.7 Å². The van der Waals surface area contributed by atoms with Crippen LogP contribution >= 0.6 is 11.8 Å². The highest BCUT2D eigenvalue weighted by molar-refractivity contribution is 8.00. The molecule has 3 N–H and O–H groups in total. The van der Waals surface area contributed by atoms with E-state index in [1.54, 1.807) is 11.8 Å². The highest BCUT2D eigenvalue weighted by atomic mass is 32.2. The summed E-state index contributed by atoms with van der Waals surface area (Å²) in [6.07, 6.45) is 0.761. The minimum Gasteiger partial charge on any atom is -0.399 e. The van der Waals surface area contributed by atoms with Crippen LogP contribution in [0, 0.1) is 6.92 Å². The lowest BCUT2D eigenvalue weighted by Crippen LogP contribution is -2.24. The Labute approximate surface area is 129 Å². The van der Waals surface area contributed by atoms with Crippen LogP contribution in [0.4, 0.5) is 11.4 Å². The van der Waals surface area contributed by atoms with Gasteiger partial charge in [0.25, 0.3) is 0 Å². The molecule has 4 heteroatoms. The minimum absolute atomic E-state index is 0.0220. The molecule has 0 radical (unpaired) electrons. The summed E-state index contributed by atoms with van der Waals surface area (Å²) in [4.78, 5) is 13.4. The van der Waals surface area contributed by atoms with Gasteiger partial charge in [0.15, 0.2) is 0 Å². The van der Waals surface area contributed by atoms with Crippen LogP contribution in [0.3, 0.4) is 0 Å². The second-order valence-electron chi connectivity index (χ2n) is 4.94. The molecule has 2 aromatic carbocycles. The minimum atomic E-state index is -0.131. The molecule has 1 unspecified atom stereocenters. The van der Waals surface area contributed by atoms with E-state index in [9.17, 15) is 4.79 Å². The molecule has 0 aliphatic heterocycles. The molecule has 0 bridgehead atoms. The van der Waals surface area contributed by atoms with Gasteiger partial charge < -0.3 is 11.1 Å². The fraction of sp³-hybridized carbons (Fsp3) is 0.235. The molecule has 0 aliphatic carbocycles. The van der Waals surface area contributed by atoms with E-state index in [0.29, 0.717) is 5.69 Å². The summed E-state index contributed by atoms with van der Waals surface area (Å²) < 4.78 is 0. The van der Waals surface area contributed by atoms with Crippen molar-refractivity contribution in [2.75, 3.05) is 11.1 Å². The van der Waals surface area contributed by atoms with Crippen molar-refractivity contribution in [1.29, 1.82) is 0 Å². The van der Waals surface area contributed by atoms with Crippen molar-refractivity contribution < 1.29 is 4.79 Å². The molecule has 110 valence electrons. The van der Waals surface area contributed by atoms with E-state index in [4.69, 9.17) is 5.73 Å². The average molecular weight is 300 g/mol. The van der Waals surface area contributed by atoms with Crippen LogP contribution in [-0.2, 0) is 4.79 Å². The van der Waals surface area contributed by atoms with Crippen molar-refractivity contribution in [1.82, 2.24) is 0 Å². The molecule has 0 fully saturated rings. The topological polar surface area (TPSA) is 55.1 Å². The van der Waals surface area contributed by atoms with Crippen molar-refractivity contribution >= 4 is 29.0 Å². The van der Waals surface area contributed by atoms with Crippen molar-refractivity contribution in [3.05, 3.63) is 54.1 Å². The normalized spacial score (nSPS) is 11.9. The summed E-state index contributed by atoms with van der Waals surface area (Å²) in [5.41, 5.74) is 8.50. The van der Waals surface area contributed by atoms with Gasteiger partial charge in [-0.15, -0.1) is 11.8 Å². The van der Waals surface area contributed by atoms with Crippen LogP contribution in [0.5, 0.6) is 0 Å². The number of nitrogen functional groups attached to an aromatic ring is 1. The highest BCUT2D eigenvalue weighted by Gasteiger charge is 2.18. The number of nitrogens with two attached hydrogens (primary N) is 1. The largest absolute Gasteiger partial charge is 0.399 e. The number of carbonyl (C=O) groups excluding carboxylic acids is 1. The molecule has 0 heterocycles. The van der Waals surface area contributed by atoms with E-state index in [1.165, 1.54) is 5.56 Å². The number of thioether (sulfide) groups is 1. The van der Waals surface area contributed by atoms with Crippen molar-refractivity contribution in [2.45, 2.75) is 30.4 Å². The van der Waals surface area contributed by atoms with Gasteiger partial charge in [-0.25, -0.2) is 0 Å². The molecule has 1 amide bonds. The summed E-state index contributed by atoms with van der Waals surface area (Å²) in [6.45, 7) is 4.04. The molecular formula is C17H20N2OS. The Morgan fingerprint density at radius 3 is 2.57 bits per heavy atom. The number of rotatable bonds is 5. The summed E-state index contributed by atoms with van der Waals surface area (Å²) in [7, 11) is 0. The van der Waals surface area contributed by atoms with Gasteiger partial charge in [0, 0.05) is 16.3 Å². The Morgan fingerprint density at radius 1 is 1.24 bits per heavy atom. The summed E-state index contributed by atoms with van der Waals surface area (Å²) >= 11 is 1.54. The lowest BCUT2D eigenvalue weighted by molar-refractivity contribution is -0.115. The summed E-state index contributed by atoms with van der Waals surface area (Å²) in [5.74, 6) is 0.0220. The van der Waals surface area contributed by atoms with Crippen LogP contribution in [-0.4, -0.2) is 11.2 Å². The van der Waals surface area contributed by atoms with Gasteiger partial charge in [0.2, 0.25) is 5.91 Å². The molecule has 0 saturated carbocycles. The third-order valence-corrected chi connectivity index (χ3v) is 4.48. The predicted molar refractivity (Wildman–Crippen MR) is 90.6 cm³/mol. The first-order valence-electron chi connectivity index (χ1n) is 6.98. The number of aryl methyl sites for hydroxylation is 1. The molecule has 21 heavy (non-hydrogen) atoms. The first kappa shape index (κ1) is 15.4. The van der Waals surface area contributed by atoms with Gasteiger partial charge >= 0.3 is 0 Å². The number of hydrogen-bond donors (Lipinski definition) is 2. The van der Waals surface area contributed by atoms with Crippen molar-refractivity contribution in [3.8, 4) is 0 Å². The maximum atomic E-state index is 12.4. The lowest BCUT2D eigenvalue weighted by Gasteiger charge is -2.15. The van der Waals surface area contributed by atoms with Crippen molar-refractivity contribution in [2.24, 2.45) is 0 Å². The van der Waals surface area contributed by atoms with E-state index in [1.807, 2.05) is 62.4 Å². The fourth-order valence-corrected chi connectivity index (χ4v) is 2.96. The average Bonchev–Trinajstić information content (AvgIpc) is 2.47. The molecule has 0 aliphatic rings. The second kappa shape index (κ2) is 7.18. The Balaban J connectivity index is 2.03. The van der Waals surface area contributed by atoms with Gasteiger partial charge in [-0.05, 0) is 43.7 Å². The maximum absolute atomic E-state index is 12.4. The third kappa shape index (κ3) is 4.53. The van der Waals surface area contributed by atoms with E-state index in [2.05, 4.69) is 5.32 Å². The SMILES string of the molecule is CCC(Sc1cccc(N)c1)C(=O)Nc1ccc(C)cc1. The number of carbonyl (C=O) groups is 1. The zero-order chi connectivity index (χ0) is 15.2. The quantitative estimate of drug-likeness (QED) is 0.646. The van der Waals surface area contributed by atoms with Crippen LogP contribution in [0.2, 0.25) is 0 Å². The standard InChI is InChI=1S/C17H20N2OS/c1-3-16(21-15-6-4-5-13(18)11-15)17(20)19-14-9-7-12(2)8-10-14/h4-11,16H,3,18H2,1-2H3,(H,19,20). The molecule has 2 aromatic rings. The van der Waals surface area contributed by atoms with Crippen LogP contribution in [0.25, 0.3) is 0 Å². The first-order valence-corrected chi connectivity index (χ1v) is 7.86. The molecule has 0 saturated heterocycles. The summed E-state index contributed by atoms with van der Waals surface area (Å²) in [5, 5.41) is 2.83. The molecule has 2 rings (SSSR count). The van der Waals surface area contributed by atoms with Crippen LogP contribution < -0.4 is 11.1 Å². The van der Waals surface area contributed by atoms with Crippen molar-refractivity contribution in [3.63, 3.8) is 0 Å². The molecule has 1 atom stereocenters. The lowest BCUT2D eigenvalue weighted by atomic mass is 10.2. The molecule has 3 nitrogen and oxygen atoms in total. The van der Waals surface area contributed by atoms with E-state index in [0.717, 1.165) is 17.0 Å². The zero-order valence-corrected chi connectivity index (χ0v) is 13.1. The van der Waals surface area contributed by atoms with Crippen LogP contribution in [0.15, 0.2) is 53.4 Å². The van der Waals surface area contributed by atoms with Gasteiger partial charge in [-0.2, -0.15) is 0 Å². The predicted octanol–water partition coefficient (Wildman–Crippen LogP) is 4.09. The van der Waals surface area contributed by atoms with Gasteiger partial charge in [0.05, 0.1) is 5.25 Å². The van der Waals surface area contributed by atoms with E-state index < -0.39 is 0 Å². The second-order valence-corrected chi connectivity index (χ2v) is 6.22. The maximum Gasteiger partial charge on any atom is 0.237 e. The number of benzene rings is 2. The highest BCUT2D eigenvalue weighted by Crippen LogP contribution is 2.27. The molecule has 0 aromatic heterocycles. The Hall–Kier alpha value is -1.94. The fourth-order valence-electron chi connectivity index (χ4n) is 1.93. The first-order chi connectivity index (χ1) is 10.1. The Kier molecular flexibility index (Phi) is 5.28. The molecular weight excluding hydrogens is 280 g/mol. The third-order valence-electron chi connectivity index (χ3n) is 3.12. The smallest absolute Gasteiger partial charge is 0.237 e. The Morgan fingerprint density at radius 2 is 1.95 bits per heavy atom. The van der Waals surface area contributed by atoms with E-state index in [-0.39, 0.29) is 11.2 Å². The summed E-state index contributed by atoms with van der Waals surface area (Å²) in [6, 6.07) is 15.4. The number of nitrogens with one attached hydrogen (secondary N) is 1.